The van der Waals surface area contributed by atoms with E-state index in [0.29, 0.717) is 70.7 Å². The molecular formula is C37H34Cl2N6O5. The highest BCUT2D eigenvalue weighted by atomic mass is 35.5. The summed E-state index contributed by atoms with van der Waals surface area (Å²) in [5, 5.41) is 19.7. The van der Waals surface area contributed by atoms with Crippen LogP contribution in [0.2, 0.25) is 10.0 Å². The van der Waals surface area contributed by atoms with Gasteiger partial charge in [-0.05, 0) is 43.0 Å². The highest BCUT2D eigenvalue weighted by Crippen LogP contribution is 2.42. The van der Waals surface area contributed by atoms with Crippen LogP contribution in [0, 0.1) is 0 Å². The Morgan fingerprint density at radius 1 is 1.00 bits per heavy atom. The van der Waals surface area contributed by atoms with Crippen molar-refractivity contribution in [3.05, 3.63) is 105 Å². The van der Waals surface area contributed by atoms with Crippen LogP contribution in [0.3, 0.4) is 0 Å². The molecule has 1 saturated heterocycles. The zero-order chi connectivity index (χ0) is 35.0. The number of halogens is 2. The van der Waals surface area contributed by atoms with Gasteiger partial charge in [0.2, 0.25) is 11.8 Å². The van der Waals surface area contributed by atoms with Gasteiger partial charge in [0.1, 0.15) is 11.2 Å². The minimum atomic E-state index is -0.955. The van der Waals surface area contributed by atoms with Gasteiger partial charge in [-0.25, -0.2) is 9.97 Å². The van der Waals surface area contributed by atoms with E-state index in [2.05, 4.69) is 20.9 Å². The highest BCUT2D eigenvalue weighted by molar-refractivity contribution is 6.39. The number of fused-ring (bicyclic) bond motifs is 1. The summed E-state index contributed by atoms with van der Waals surface area (Å²) in [6.07, 6.45) is 5.58. The van der Waals surface area contributed by atoms with Gasteiger partial charge in [0.15, 0.2) is 0 Å². The van der Waals surface area contributed by atoms with Crippen LogP contribution in [0.1, 0.15) is 36.8 Å². The Bertz CT molecular complexity index is 2200. The molecule has 0 radical (unpaired) electrons. The minimum Gasteiger partial charge on any atom is -0.481 e. The van der Waals surface area contributed by atoms with Gasteiger partial charge in [-0.2, -0.15) is 0 Å². The van der Waals surface area contributed by atoms with Gasteiger partial charge in [-0.3, -0.25) is 24.1 Å². The summed E-state index contributed by atoms with van der Waals surface area (Å²) in [7, 11) is 1.58. The predicted molar refractivity (Wildman–Crippen MR) is 191 cm³/mol. The third-order valence-electron chi connectivity index (χ3n) is 9.36. The Labute approximate surface area is 297 Å². The summed E-state index contributed by atoms with van der Waals surface area (Å²) >= 11 is 14.1. The van der Waals surface area contributed by atoms with Crippen molar-refractivity contribution in [1.82, 2.24) is 30.3 Å². The Kier molecular flexibility index (Phi) is 9.32. The van der Waals surface area contributed by atoms with Crippen LogP contribution in [0.25, 0.3) is 39.2 Å². The third kappa shape index (κ3) is 6.57. The Morgan fingerprint density at radius 3 is 2.40 bits per heavy atom. The summed E-state index contributed by atoms with van der Waals surface area (Å²) in [5.74, 6) is -0.346. The maximum Gasteiger partial charge on any atom is 0.323 e. The first-order chi connectivity index (χ1) is 24.2. The quantitative estimate of drug-likeness (QED) is 0.132. The molecule has 0 unspecified atom stereocenters. The number of nitrogens with zero attached hydrogens (tertiary/aromatic N) is 3. The van der Waals surface area contributed by atoms with Crippen LogP contribution in [0.5, 0.6) is 5.88 Å². The van der Waals surface area contributed by atoms with E-state index in [-0.39, 0.29) is 24.1 Å². The van der Waals surface area contributed by atoms with Crippen molar-refractivity contribution in [2.75, 3.05) is 13.7 Å². The molecule has 7 rings (SSSR count). The number of methoxy groups -OCH3 is 1. The molecule has 50 heavy (non-hydrogen) atoms. The van der Waals surface area contributed by atoms with Crippen LogP contribution in [-0.2, 0) is 22.7 Å². The summed E-state index contributed by atoms with van der Waals surface area (Å²) in [6.45, 7) is 1.31. The van der Waals surface area contributed by atoms with Crippen molar-refractivity contribution in [3.8, 4) is 39.4 Å². The minimum absolute atomic E-state index is 0.0861. The second-order valence-electron chi connectivity index (χ2n) is 12.6. The molecule has 1 atom stereocenters. The number of nitrogens with one attached hydrogen (secondary N) is 3. The first-order valence-corrected chi connectivity index (χ1v) is 17.0. The lowest BCUT2D eigenvalue weighted by atomic mass is 9.97. The number of pyridine rings is 2. The van der Waals surface area contributed by atoms with E-state index >= 15 is 0 Å². The second kappa shape index (κ2) is 13.8. The van der Waals surface area contributed by atoms with Crippen molar-refractivity contribution in [2.45, 2.75) is 50.4 Å². The topological polar surface area (TPSA) is 147 Å². The van der Waals surface area contributed by atoms with Crippen LogP contribution in [-0.4, -0.2) is 56.6 Å². The summed E-state index contributed by atoms with van der Waals surface area (Å²) in [4.78, 5) is 45.5. The van der Waals surface area contributed by atoms with E-state index in [9.17, 15) is 19.5 Å². The average Bonchev–Trinajstić information content (AvgIpc) is 3.81. The number of ether oxygens (including phenoxy) is 1. The molecule has 1 amide bonds. The molecule has 4 N–H and O–H groups in total. The van der Waals surface area contributed by atoms with Crippen molar-refractivity contribution >= 4 is 40.7 Å². The van der Waals surface area contributed by atoms with Gasteiger partial charge >= 0.3 is 5.97 Å². The number of carboxylic acid groups (broad SMARTS) is 1. The van der Waals surface area contributed by atoms with E-state index < -0.39 is 11.5 Å². The molecule has 3 aromatic heterocycles. The number of benzene rings is 2. The Hall–Kier alpha value is -4.81. The molecule has 2 fully saturated rings. The molecule has 2 aliphatic rings. The van der Waals surface area contributed by atoms with Gasteiger partial charge in [-0.15, -0.1) is 0 Å². The highest BCUT2D eigenvalue weighted by Gasteiger charge is 2.49. The maximum absolute atomic E-state index is 13.2. The molecule has 4 heterocycles. The molecule has 13 heteroatoms. The molecule has 2 aromatic carbocycles. The molecule has 1 aliphatic heterocycles. The predicted octanol–water partition coefficient (Wildman–Crippen LogP) is 5.48. The Morgan fingerprint density at radius 2 is 1.72 bits per heavy atom. The summed E-state index contributed by atoms with van der Waals surface area (Å²) in [5.41, 5.74) is 4.77. The molecular weight excluding hydrogens is 679 g/mol. The largest absolute Gasteiger partial charge is 0.481 e. The second-order valence-corrected chi connectivity index (χ2v) is 13.4. The smallest absolute Gasteiger partial charge is 0.323 e. The molecule has 11 nitrogen and oxygen atoms in total. The fourth-order valence-corrected chi connectivity index (χ4v) is 6.96. The molecule has 256 valence electrons. The van der Waals surface area contributed by atoms with Crippen LogP contribution >= 0.6 is 23.2 Å². The lowest BCUT2D eigenvalue weighted by Gasteiger charge is -2.16. The van der Waals surface area contributed by atoms with Gasteiger partial charge in [0.05, 0.1) is 28.4 Å². The van der Waals surface area contributed by atoms with E-state index in [4.69, 9.17) is 32.9 Å². The van der Waals surface area contributed by atoms with Crippen LogP contribution < -0.4 is 26.2 Å². The number of hydrogen-bond donors (Lipinski definition) is 4. The lowest BCUT2D eigenvalue weighted by Crippen LogP contribution is -2.40. The lowest BCUT2D eigenvalue weighted by molar-refractivity contribution is -0.140. The third-order valence-corrected chi connectivity index (χ3v) is 10.2. The summed E-state index contributed by atoms with van der Waals surface area (Å²) in [6, 6.07) is 19.0. The van der Waals surface area contributed by atoms with E-state index in [0.717, 1.165) is 34.2 Å². The number of rotatable bonds is 12. The number of carbonyl (C=O) groups is 2. The number of hydrogen-bond acceptors (Lipinski definition) is 8. The number of aliphatic carboxylic acids is 1. The monoisotopic (exact) mass is 712 g/mol. The van der Waals surface area contributed by atoms with Crippen molar-refractivity contribution in [3.63, 3.8) is 0 Å². The fraction of sp³-hybridized carbons (Fsp3) is 0.270. The number of carboxylic acids is 1. The molecule has 0 spiro atoms. The fourth-order valence-electron chi connectivity index (χ4n) is 6.30. The van der Waals surface area contributed by atoms with E-state index in [1.165, 1.54) is 10.6 Å². The zero-order valence-corrected chi connectivity index (χ0v) is 28.6. The molecule has 1 saturated carbocycles. The van der Waals surface area contributed by atoms with Gasteiger partial charge < -0.3 is 20.5 Å². The molecule has 1 aliphatic carbocycles. The summed E-state index contributed by atoms with van der Waals surface area (Å²) < 4.78 is 7.07. The molecule has 0 bridgehead atoms. The molecule has 5 aromatic rings. The van der Waals surface area contributed by atoms with E-state index in [1.54, 1.807) is 25.4 Å². The Balaban J connectivity index is 1.13. The van der Waals surface area contributed by atoms with Crippen molar-refractivity contribution in [1.29, 1.82) is 0 Å². The van der Waals surface area contributed by atoms with Gasteiger partial charge in [0, 0.05) is 72.3 Å². The van der Waals surface area contributed by atoms with Crippen molar-refractivity contribution < 1.29 is 19.4 Å². The average molecular weight is 714 g/mol. The van der Waals surface area contributed by atoms with Crippen LogP contribution in [0.15, 0.2) is 77.9 Å². The van der Waals surface area contributed by atoms with E-state index in [1.807, 2.05) is 48.5 Å². The van der Waals surface area contributed by atoms with Gasteiger partial charge in [0.25, 0.3) is 5.56 Å². The SMILES string of the molecule is COc1nc(-c2cccc(-c3cccc(-c4ccn5c(=O)c(CNC6(C(=O)O)CC6)cnc5c4)c3Cl)c2Cl)ccc1CNC[C@@H]1CCC(=O)N1. The first-order valence-electron chi connectivity index (χ1n) is 16.3. The normalized spacial score (nSPS) is 16.4. The zero-order valence-electron chi connectivity index (χ0n) is 27.1. The standard InChI is InChI=1S/C37H34Cl2N6O5/c1-50-34-22(17-40-20-24-9-11-31(46)43-24)8-10-29(44-34)28-7-3-6-27(33(28)39)26-5-2-4-25(32(26)38)21-12-15-45-30(16-21)41-18-23(35(45)47)19-42-37(13-14-37)36(48)49/h2-8,10,12,15-16,18,24,40,42H,9,11,13-14,17,19-20H2,1H3,(H,43,46)(H,48,49)/t24-/m0/s1. The maximum atomic E-state index is 13.2. The van der Waals surface area contributed by atoms with Gasteiger partial charge in [-0.1, -0.05) is 65.7 Å². The van der Waals surface area contributed by atoms with Crippen LogP contribution in [0.4, 0.5) is 0 Å². The number of aromatic nitrogens is 3. The first kappa shape index (κ1) is 33.7. The number of carbonyl (C=O) groups excluding carboxylic acids is 1. The van der Waals surface area contributed by atoms with Crippen molar-refractivity contribution in [2.24, 2.45) is 0 Å². The number of amides is 1.